The van der Waals surface area contributed by atoms with Gasteiger partial charge in [-0.25, -0.2) is 0 Å². The van der Waals surface area contributed by atoms with Crippen LogP contribution in [0.1, 0.15) is 28.2 Å². The lowest BCUT2D eigenvalue weighted by Crippen LogP contribution is -2.20. The molecule has 0 saturated carbocycles. The monoisotopic (exact) mass is 479 g/mol. The number of carbonyl (C=O) groups excluding carboxylic acids is 1. The molecule has 4 aromatic rings. The Labute approximate surface area is 209 Å². The van der Waals surface area contributed by atoms with E-state index in [4.69, 9.17) is 21.1 Å². The highest BCUT2D eigenvalue weighted by molar-refractivity contribution is 6.30. The molecule has 35 heavy (non-hydrogen) atoms. The number of hydrogen-bond donors (Lipinski definition) is 0. The van der Waals surface area contributed by atoms with Crippen LogP contribution in [-0.4, -0.2) is 13.1 Å². The second kappa shape index (κ2) is 11.2. The van der Waals surface area contributed by atoms with Crippen LogP contribution in [0.5, 0.6) is 11.5 Å². The molecule has 0 amide bonds. The molecule has 5 heteroatoms. The van der Waals surface area contributed by atoms with Gasteiger partial charge in [0.2, 0.25) is 0 Å². The number of esters is 1. The molecule has 0 aliphatic rings. The van der Waals surface area contributed by atoms with E-state index < -0.39 is 11.9 Å². The smallest absolute Gasteiger partial charge is 0.323 e. The lowest BCUT2D eigenvalue weighted by molar-refractivity contribution is -0.135. The minimum atomic E-state index is -0.588. The van der Waals surface area contributed by atoms with Crippen molar-refractivity contribution in [3.63, 3.8) is 0 Å². The first-order valence-corrected chi connectivity index (χ1v) is 11.3. The van der Waals surface area contributed by atoms with Gasteiger partial charge in [-0.05, 0) is 52.6 Å². The summed E-state index contributed by atoms with van der Waals surface area (Å²) in [6, 6.07) is 33.5. The van der Waals surface area contributed by atoms with Gasteiger partial charge in [-0.15, -0.1) is 0 Å². The van der Waals surface area contributed by atoms with Gasteiger partial charge in [-0.1, -0.05) is 90.5 Å². The van der Waals surface area contributed by atoms with Gasteiger partial charge in [0, 0.05) is 5.02 Å². The SMILES string of the molecule is COc1cc(/C=C(/C#N)c2cccc(Cl)c2)ccc1OC(=O)C(c1ccccc1)c1ccccc1. The average Bonchev–Trinajstić information content (AvgIpc) is 2.89. The van der Waals surface area contributed by atoms with Crippen molar-refractivity contribution in [1.29, 1.82) is 5.26 Å². The molecule has 0 N–H and O–H groups in total. The fraction of sp³-hybridized carbons (Fsp3) is 0.0667. The fourth-order valence-electron chi connectivity index (χ4n) is 3.78. The number of methoxy groups -OCH3 is 1. The number of rotatable bonds is 7. The van der Waals surface area contributed by atoms with Crippen molar-refractivity contribution in [2.45, 2.75) is 5.92 Å². The zero-order valence-corrected chi connectivity index (χ0v) is 19.8. The molecule has 4 rings (SSSR count). The fourth-order valence-corrected chi connectivity index (χ4v) is 3.97. The average molecular weight is 480 g/mol. The summed E-state index contributed by atoms with van der Waals surface area (Å²) in [4.78, 5) is 13.4. The first kappa shape index (κ1) is 23.8. The summed E-state index contributed by atoms with van der Waals surface area (Å²) in [6.45, 7) is 0. The molecule has 0 fully saturated rings. The van der Waals surface area contributed by atoms with Gasteiger partial charge in [-0.2, -0.15) is 5.26 Å². The standard InChI is InChI=1S/C30H22ClNO3/c1-34-28-18-21(17-25(20-32)24-13-8-14-26(31)19-24)15-16-27(28)35-30(33)29(22-9-4-2-5-10-22)23-11-6-3-7-12-23/h2-19,29H,1H3/b25-17-. The van der Waals surface area contributed by atoms with Crippen LogP contribution in [0.3, 0.4) is 0 Å². The van der Waals surface area contributed by atoms with Crippen LogP contribution in [0.25, 0.3) is 11.6 Å². The number of allylic oxidation sites excluding steroid dienone is 1. The maximum absolute atomic E-state index is 13.4. The van der Waals surface area contributed by atoms with E-state index in [2.05, 4.69) is 6.07 Å². The summed E-state index contributed by atoms with van der Waals surface area (Å²) >= 11 is 6.07. The highest BCUT2D eigenvalue weighted by Crippen LogP contribution is 2.33. The van der Waals surface area contributed by atoms with E-state index in [9.17, 15) is 10.1 Å². The van der Waals surface area contributed by atoms with Crippen LogP contribution in [0.15, 0.2) is 103 Å². The summed E-state index contributed by atoms with van der Waals surface area (Å²) < 4.78 is 11.3. The minimum Gasteiger partial charge on any atom is -0.493 e. The predicted molar refractivity (Wildman–Crippen MR) is 138 cm³/mol. The maximum Gasteiger partial charge on any atom is 0.323 e. The molecular weight excluding hydrogens is 458 g/mol. The van der Waals surface area contributed by atoms with Gasteiger partial charge in [0.25, 0.3) is 0 Å². The number of nitrogens with zero attached hydrogens (tertiary/aromatic N) is 1. The Kier molecular flexibility index (Phi) is 7.62. The highest BCUT2D eigenvalue weighted by Gasteiger charge is 2.25. The van der Waals surface area contributed by atoms with Crippen LogP contribution in [-0.2, 0) is 4.79 Å². The zero-order valence-electron chi connectivity index (χ0n) is 19.0. The third-order valence-electron chi connectivity index (χ3n) is 5.47. The number of halogens is 1. The Bertz CT molecular complexity index is 1350. The molecule has 0 bridgehead atoms. The molecule has 0 radical (unpaired) electrons. The molecule has 0 aromatic heterocycles. The van der Waals surface area contributed by atoms with Crippen LogP contribution in [0.4, 0.5) is 0 Å². The largest absolute Gasteiger partial charge is 0.493 e. The highest BCUT2D eigenvalue weighted by atomic mass is 35.5. The van der Waals surface area contributed by atoms with Gasteiger partial charge >= 0.3 is 5.97 Å². The second-order valence-electron chi connectivity index (χ2n) is 7.77. The first-order valence-electron chi connectivity index (χ1n) is 11.0. The number of nitriles is 1. The molecule has 0 spiro atoms. The molecule has 172 valence electrons. The molecule has 0 aliphatic heterocycles. The normalized spacial score (nSPS) is 11.1. The van der Waals surface area contributed by atoms with Crippen LogP contribution < -0.4 is 9.47 Å². The minimum absolute atomic E-state index is 0.299. The Morgan fingerprint density at radius 3 is 2.09 bits per heavy atom. The quantitative estimate of drug-likeness (QED) is 0.122. The molecular formula is C30H22ClNO3. The van der Waals surface area contributed by atoms with E-state index in [1.54, 1.807) is 42.5 Å². The van der Waals surface area contributed by atoms with E-state index in [1.807, 2.05) is 66.7 Å². The van der Waals surface area contributed by atoms with Gasteiger partial charge < -0.3 is 9.47 Å². The number of hydrogen-bond acceptors (Lipinski definition) is 4. The summed E-state index contributed by atoms with van der Waals surface area (Å²) in [5, 5.41) is 10.2. The summed E-state index contributed by atoms with van der Waals surface area (Å²) in [7, 11) is 1.51. The third-order valence-corrected chi connectivity index (χ3v) is 5.70. The van der Waals surface area contributed by atoms with Crippen molar-refractivity contribution >= 4 is 29.2 Å². The zero-order chi connectivity index (χ0) is 24.6. The van der Waals surface area contributed by atoms with E-state index in [0.717, 1.165) is 16.7 Å². The van der Waals surface area contributed by atoms with Crippen LogP contribution >= 0.6 is 11.6 Å². The Hall–Kier alpha value is -4.33. The van der Waals surface area contributed by atoms with Gasteiger partial charge in [0.05, 0.1) is 18.8 Å². The van der Waals surface area contributed by atoms with E-state index in [-0.39, 0.29) is 0 Å². The molecule has 4 aromatic carbocycles. The molecule has 0 unspecified atom stereocenters. The Balaban J connectivity index is 1.64. The van der Waals surface area contributed by atoms with Crippen molar-refractivity contribution in [2.75, 3.05) is 7.11 Å². The van der Waals surface area contributed by atoms with Crippen molar-refractivity contribution < 1.29 is 14.3 Å². The third kappa shape index (κ3) is 5.78. The van der Waals surface area contributed by atoms with Crippen molar-refractivity contribution in [3.05, 3.63) is 130 Å². The topological polar surface area (TPSA) is 59.3 Å². The van der Waals surface area contributed by atoms with E-state index in [0.29, 0.717) is 27.7 Å². The van der Waals surface area contributed by atoms with Crippen molar-refractivity contribution in [1.82, 2.24) is 0 Å². The summed E-state index contributed by atoms with van der Waals surface area (Å²) in [6.07, 6.45) is 1.73. The molecule has 0 heterocycles. The van der Waals surface area contributed by atoms with Gasteiger partial charge in [0.15, 0.2) is 11.5 Å². The summed E-state index contributed by atoms with van der Waals surface area (Å²) in [5.41, 5.74) is 3.56. The Morgan fingerprint density at radius 2 is 1.51 bits per heavy atom. The van der Waals surface area contributed by atoms with Crippen molar-refractivity contribution in [2.24, 2.45) is 0 Å². The molecule has 0 aliphatic carbocycles. The second-order valence-corrected chi connectivity index (χ2v) is 8.20. The van der Waals surface area contributed by atoms with Gasteiger partial charge in [0.1, 0.15) is 5.92 Å². The van der Waals surface area contributed by atoms with Gasteiger partial charge in [-0.3, -0.25) is 4.79 Å². The molecule has 0 saturated heterocycles. The summed E-state index contributed by atoms with van der Waals surface area (Å²) in [5.74, 6) is -0.321. The Morgan fingerprint density at radius 1 is 0.857 bits per heavy atom. The van der Waals surface area contributed by atoms with Crippen LogP contribution in [0.2, 0.25) is 5.02 Å². The number of ether oxygens (including phenoxy) is 2. The first-order chi connectivity index (χ1) is 17.1. The predicted octanol–water partition coefficient (Wildman–Crippen LogP) is 7.15. The lowest BCUT2D eigenvalue weighted by Gasteiger charge is -2.18. The molecule has 0 atom stereocenters. The number of carbonyl (C=O) groups is 1. The van der Waals surface area contributed by atoms with Crippen LogP contribution in [0, 0.1) is 11.3 Å². The lowest BCUT2D eigenvalue weighted by atomic mass is 9.91. The molecule has 4 nitrogen and oxygen atoms in total. The van der Waals surface area contributed by atoms with E-state index >= 15 is 0 Å². The maximum atomic E-state index is 13.4. The van der Waals surface area contributed by atoms with E-state index in [1.165, 1.54) is 7.11 Å². The van der Waals surface area contributed by atoms with Crippen molar-refractivity contribution in [3.8, 4) is 17.6 Å². The number of benzene rings is 4.